The SMILES string of the molecule is CCCCCCCCCCOc1ccc(OCC(=O)NCCc2cccc[n+]2C)c(OC)c1.[I-]. The highest BCUT2D eigenvalue weighted by Gasteiger charge is 2.10. The van der Waals surface area contributed by atoms with Crippen LogP contribution in [0.1, 0.15) is 64.0 Å². The second-order valence-corrected chi connectivity index (χ2v) is 8.33. The van der Waals surface area contributed by atoms with E-state index in [0.717, 1.165) is 24.3 Å². The number of methoxy groups -OCH3 is 1. The second kappa shape index (κ2) is 18.3. The summed E-state index contributed by atoms with van der Waals surface area (Å²) in [6, 6.07) is 11.5. The average Bonchev–Trinajstić information content (AvgIpc) is 2.83. The van der Waals surface area contributed by atoms with Crippen LogP contribution in [0, 0.1) is 0 Å². The largest absolute Gasteiger partial charge is 1.00 e. The Kier molecular flexibility index (Phi) is 16.2. The van der Waals surface area contributed by atoms with Gasteiger partial charge in [-0.1, -0.05) is 57.9 Å². The molecule has 190 valence electrons. The van der Waals surface area contributed by atoms with Gasteiger partial charge in [0.05, 0.1) is 13.7 Å². The highest BCUT2D eigenvalue weighted by atomic mass is 127. The molecule has 1 N–H and O–H groups in total. The van der Waals surface area contributed by atoms with E-state index >= 15 is 0 Å². The zero-order chi connectivity index (χ0) is 23.7. The number of aryl methyl sites for hydroxylation is 1. The molecule has 0 saturated carbocycles. The maximum atomic E-state index is 12.2. The summed E-state index contributed by atoms with van der Waals surface area (Å²) < 4.78 is 19.0. The van der Waals surface area contributed by atoms with Crippen LogP contribution in [0.2, 0.25) is 0 Å². The summed E-state index contributed by atoms with van der Waals surface area (Å²) in [5, 5.41) is 2.89. The first-order valence-corrected chi connectivity index (χ1v) is 12.3. The van der Waals surface area contributed by atoms with Crippen LogP contribution < -0.4 is 48.1 Å². The van der Waals surface area contributed by atoms with Gasteiger partial charge in [0.25, 0.3) is 5.91 Å². The molecule has 0 unspecified atom stereocenters. The van der Waals surface area contributed by atoms with Crippen LogP contribution in [0.15, 0.2) is 42.6 Å². The molecule has 0 atom stereocenters. The van der Waals surface area contributed by atoms with Gasteiger partial charge in [0.15, 0.2) is 30.0 Å². The van der Waals surface area contributed by atoms with Gasteiger partial charge >= 0.3 is 0 Å². The minimum Gasteiger partial charge on any atom is -1.00 e. The number of carbonyl (C=O) groups is 1. The zero-order valence-electron chi connectivity index (χ0n) is 21.0. The number of halogens is 1. The fraction of sp³-hybridized carbons (Fsp3) is 0.556. The Morgan fingerprint density at radius 2 is 1.68 bits per heavy atom. The fourth-order valence-electron chi connectivity index (χ4n) is 3.63. The summed E-state index contributed by atoms with van der Waals surface area (Å²) in [4.78, 5) is 12.2. The van der Waals surface area contributed by atoms with Gasteiger partial charge in [0.1, 0.15) is 12.8 Å². The molecule has 7 heteroatoms. The molecular weight excluding hydrogens is 543 g/mol. The number of amides is 1. The first kappa shape index (κ1) is 30.0. The molecule has 0 bridgehead atoms. The lowest BCUT2D eigenvalue weighted by Gasteiger charge is -2.13. The van der Waals surface area contributed by atoms with E-state index in [1.54, 1.807) is 13.2 Å². The van der Waals surface area contributed by atoms with Crippen LogP contribution in [0.4, 0.5) is 0 Å². The van der Waals surface area contributed by atoms with Gasteiger partial charge < -0.3 is 43.5 Å². The van der Waals surface area contributed by atoms with Gasteiger partial charge in [-0.25, -0.2) is 4.57 Å². The Hall–Kier alpha value is -2.03. The molecule has 1 heterocycles. The Morgan fingerprint density at radius 1 is 0.941 bits per heavy atom. The van der Waals surface area contributed by atoms with Gasteiger partial charge in [-0.05, 0) is 18.6 Å². The van der Waals surface area contributed by atoms with Crippen molar-refractivity contribution in [1.29, 1.82) is 0 Å². The van der Waals surface area contributed by atoms with Crippen LogP contribution in [0.3, 0.4) is 0 Å². The number of benzene rings is 1. The topological polar surface area (TPSA) is 60.7 Å². The molecule has 0 aliphatic heterocycles. The predicted molar refractivity (Wildman–Crippen MR) is 131 cm³/mol. The maximum absolute atomic E-state index is 12.2. The third-order valence-electron chi connectivity index (χ3n) is 5.63. The molecule has 0 radical (unpaired) electrons. The number of aromatic nitrogens is 1. The third-order valence-corrected chi connectivity index (χ3v) is 5.63. The van der Waals surface area contributed by atoms with Gasteiger partial charge in [0.2, 0.25) is 0 Å². The van der Waals surface area contributed by atoms with Crippen LogP contribution in [-0.4, -0.2) is 32.8 Å². The number of nitrogens with one attached hydrogen (secondary N) is 1. The number of nitrogens with zero attached hydrogens (tertiary/aromatic N) is 1. The Balaban J connectivity index is 0.00000578. The normalized spacial score (nSPS) is 10.3. The predicted octanol–water partition coefficient (Wildman–Crippen LogP) is 1.78. The van der Waals surface area contributed by atoms with E-state index in [-0.39, 0.29) is 36.5 Å². The molecule has 1 amide bonds. The highest BCUT2D eigenvalue weighted by molar-refractivity contribution is 5.77. The lowest BCUT2D eigenvalue weighted by molar-refractivity contribution is -0.679. The molecule has 0 saturated heterocycles. The van der Waals surface area contributed by atoms with Crippen LogP contribution in [0.25, 0.3) is 0 Å². The molecule has 0 aliphatic rings. The monoisotopic (exact) mass is 584 g/mol. The quantitative estimate of drug-likeness (QED) is 0.175. The van der Waals surface area contributed by atoms with Crippen molar-refractivity contribution in [2.24, 2.45) is 7.05 Å². The number of hydrogen-bond acceptors (Lipinski definition) is 4. The third kappa shape index (κ3) is 11.9. The van der Waals surface area contributed by atoms with E-state index < -0.39 is 0 Å². The number of carbonyl (C=O) groups excluding carboxylic acids is 1. The van der Waals surface area contributed by atoms with Crippen LogP contribution in [-0.2, 0) is 18.3 Å². The van der Waals surface area contributed by atoms with E-state index in [4.69, 9.17) is 14.2 Å². The van der Waals surface area contributed by atoms with Crippen LogP contribution >= 0.6 is 0 Å². The van der Waals surface area contributed by atoms with E-state index in [0.29, 0.717) is 24.7 Å². The van der Waals surface area contributed by atoms with E-state index in [1.807, 2.05) is 48.1 Å². The van der Waals surface area contributed by atoms with Gasteiger partial charge in [-0.15, -0.1) is 0 Å². The van der Waals surface area contributed by atoms with Crippen molar-refractivity contribution in [3.63, 3.8) is 0 Å². The Labute approximate surface area is 222 Å². The van der Waals surface area contributed by atoms with Crippen LogP contribution in [0.5, 0.6) is 17.2 Å². The number of rotatable bonds is 17. The molecule has 34 heavy (non-hydrogen) atoms. The standard InChI is InChI=1S/C27H40N2O4.HI/c1-4-5-6-7-8-9-10-13-20-32-24-15-16-25(26(21-24)31-3)33-22-27(30)28-18-17-23-14-11-12-19-29(23)2;/h11-12,14-16,19,21H,4-10,13,17-18,20,22H2,1-3H3;1H. The molecule has 2 rings (SSSR count). The number of unbranched alkanes of at least 4 members (excludes halogenated alkanes) is 7. The summed E-state index contributed by atoms with van der Waals surface area (Å²) in [6.07, 6.45) is 12.9. The highest BCUT2D eigenvalue weighted by Crippen LogP contribution is 2.31. The minimum atomic E-state index is -0.161. The lowest BCUT2D eigenvalue weighted by Crippen LogP contribution is -3.00. The number of hydrogen-bond donors (Lipinski definition) is 1. The lowest BCUT2D eigenvalue weighted by atomic mass is 10.1. The molecule has 6 nitrogen and oxygen atoms in total. The first-order valence-electron chi connectivity index (χ1n) is 12.3. The number of ether oxygens (including phenoxy) is 3. The van der Waals surface area contributed by atoms with Gasteiger partial charge in [0, 0.05) is 31.2 Å². The first-order chi connectivity index (χ1) is 16.1. The Bertz CT molecular complexity index is 832. The van der Waals surface area contributed by atoms with Crippen molar-refractivity contribution < 1.29 is 47.5 Å². The fourth-order valence-corrected chi connectivity index (χ4v) is 3.63. The zero-order valence-corrected chi connectivity index (χ0v) is 23.1. The van der Waals surface area contributed by atoms with E-state index in [1.165, 1.54) is 44.9 Å². The molecule has 0 aliphatic carbocycles. The second-order valence-electron chi connectivity index (χ2n) is 8.33. The number of pyridine rings is 1. The molecule has 0 spiro atoms. The molecule has 2 aromatic rings. The summed E-state index contributed by atoms with van der Waals surface area (Å²) in [5.74, 6) is 1.68. The van der Waals surface area contributed by atoms with Crippen molar-refractivity contribution in [2.75, 3.05) is 26.9 Å². The average molecular weight is 585 g/mol. The molecule has 0 fully saturated rings. The summed E-state index contributed by atoms with van der Waals surface area (Å²) in [5.41, 5.74) is 1.16. The maximum Gasteiger partial charge on any atom is 0.257 e. The van der Waals surface area contributed by atoms with E-state index in [9.17, 15) is 4.79 Å². The summed E-state index contributed by atoms with van der Waals surface area (Å²) in [6.45, 7) is 3.44. The van der Waals surface area contributed by atoms with Crippen molar-refractivity contribution in [1.82, 2.24) is 5.32 Å². The molecule has 1 aromatic carbocycles. The minimum absolute atomic E-state index is 0. The van der Waals surface area contributed by atoms with Crippen molar-refractivity contribution in [2.45, 2.75) is 64.7 Å². The van der Waals surface area contributed by atoms with Crippen molar-refractivity contribution in [3.05, 3.63) is 48.3 Å². The summed E-state index contributed by atoms with van der Waals surface area (Å²) in [7, 11) is 3.58. The smallest absolute Gasteiger partial charge is 0.257 e. The van der Waals surface area contributed by atoms with Crippen molar-refractivity contribution in [3.8, 4) is 17.2 Å². The van der Waals surface area contributed by atoms with Gasteiger partial charge in [-0.2, -0.15) is 0 Å². The molecular formula is C27H41IN2O4. The summed E-state index contributed by atoms with van der Waals surface area (Å²) >= 11 is 0. The van der Waals surface area contributed by atoms with Crippen molar-refractivity contribution >= 4 is 5.91 Å². The Morgan fingerprint density at radius 3 is 2.38 bits per heavy atom. The molecule has 1 aromatic heterocycles. The van der Waals surface area contributed by atoms with E-state index in [2.05, 4.69) is 12.2 Å². The van der Waals surface area contributed by atoms with Gasteiger partial charge in [-0.3, -0.25) is 4.79 Å².